The molecule has 0 radical (unpaired) electrons. The number of imide groups is 1. The van der Waals surface area contributed by atoms with Crippen LogP contribution in [0.5, 0.6) is 0 Å². The quantitative estimate of drug-likeness (QED) is 0.208. The summed E-state index contributed by atoms with van der Waals surface area (Å²) in [4.78, 5) is 30.9. The molecule has 0 spiro atoms. The van der Waals surface area contributed by atoms with Crippen LogP contribution >= 0.6 is 24.0 Å². The first-order valence-corrected chi connectivity index (χ1v) is 10.3. The Kier molecular flexibility index (Phi) is 9.88. The van der Waals surface area contributed by atoms with Gasteiger partial charge in [-0.1, -0.05) is 6.07 Å². The van der Waals surface area contributed by atoms with Gasteiger partial charge in [-0.25, -0.2) is 13.6 Å². The Labute approximate surface area is 197 Å². The number of guanidine groups is 1. The fourth-order valence-corrected chi connectivity index (χ4v) is 3.68. The maximum atomic E-state index is 14.0. The van der Waals surface area contributed by atoms with Gasteiger partial charge < -0.3 is 16.0 Å². The van der Waals surface area contributed by atoms with E-state index in [-0.39, 0.29) is 67.7 Å². The molecule has 1 aromatic rings. The third kappa shape index (κ3) is 6.99. The van der Waals surface area contributed by atoms with Crippen molar-refractivity contribution in [1.82, 2.24) is 25.8 Å². The normalized spacial score (nSPS) is 19.8. The van der Waals surface area contributed by atoms with E-state index >= 15 is 0 Å². The van der Waals surface area contributed by atoms with Crippen LogP contribution in [-0.2, 0) is 11.3 Å². The van der Waals surface area contributed by atoms with Gasteiger partial charge in [-0.2, -0.15) is 0 Å². The highest BCUT2D eigenvalue weighted by atomic mass is 127. The molecule has 2 aliphatic heterocycles. The summed E-state index contributed by atoms with van der Waals surface area (Å²) in [5, 5.41) is 8.99. The molecule has 1 atom stereocenters. The molecular weight excluding hydrogens is 521 g/mol. The molecule has 3 N–H and O–H groups in total. The van der Waals surface area contributed by atoms with Gasteiger partial charge in [-0.3, -0.25) is 19.6 Å². The van der Waals surface area contributed by atoms with Crippen molar-refractivity contribution in [2.75, 3.05) is 39.3 Å². The maximum absolute atomic E-state index is 14.0. The lowest BCUT2D eigenvalue weighted by Gasteiger charge is -2.34. The zero-order valence-corrected chi connectivity index (χ0v) is 19.8. The van der Waals surface area contributed by atoms with E-state index in [2.05, 4.69) is 20.9 Å². The van der Waals surface area contributed by atoms with E-state index in [4.69, 9.17) is 0 Å². The van der Waals surface area contributed by atoms with Gasteiger partial charge in [-0.05, 0) is 38.4 Å². The molecule has 0 bridgehead atoms. The summed E-state index contributed by atoms with van der Waals surface area (Å²) in [6.45, 7) is 4.75. The van der Waals surface area contributed by atoms with Gasteiger partial charge in [0.15, 0.2) is 5.96 Å². The number of rotatable bonds is 7. The van der Waals surface area contributed by atoms with Crippen LogP contribution in [-0.4, -0.2) is 73.0 Å². The summed E-state index contributed by atoms with van der Waals surface area (Å²) < 4.78 is 27.9. The van der Waals surface area contributed by atoms with Gasteiger partial charge in [-0.15, -0.1) is 24.0 Å². The molecule has 2 aliphatic rings. The number of nitrogens with one attached hydrogen (secondary N) is 3. The Morgan fingerprint density at radius 1 is 1.29 bits per heavy atom. The molecule has 3 amide bonds. The molecule has 31 heavy (non-hydrogen) atoms. The van der Waals surface area contributed by atoms with Crippen LogP contribution in [0.1, 0.15) is 25.3 Å². The van der Waals surface area contributed by atoms with Crippen LogP contribution in [0, 0.1) is 11.6 Å². The van der Waals surface area contributed by atoms with Crippen molar-refractivity contribution in [3.05, 3.63) is 35.4 Å². The average Bonchev–Trinajstić information content (AvgIpc) is 3.03. The van der Waals surface area contributed by atoms with Gasteiger partial charge in [0.1, 0.15) is 11.6 Å². The van der Waals surface area contributed by atoms with Crippen LogP contribution in [0.2, 0.25) is 0 Å². The standard InChI is InChI=1S/C20H28F2N6O2.HI/c1-2-23-19(24-8-10-28-18(29)11-25-20(28)30)26-14-5-4-9-27(12-14)13-15-16(21)6-3-7-17(15)22;/h3,6-7,14H,2,4-5,8-13H2,1H3,(H,25,30)(H2,23,24,26);1H. The lowest BCUT2D eigenvalue weighted by atomic mass is 10.0. The minimum atomic E-state index is -0.527. The number of aliphatic imine (C=N–C) groups is 1. The second-order valence-electron chi connectivity index (χ2n) is 7.38. The van der Waals surface area contributed by atoms with Crippen LogP contribution < -0.4 is 16.0 Å². The summed E-state index contributed by atoms with van der Waals surface area (Å²) in [5.41, 5.74) is 0.0901. The van der Waals surface area contributed by atoms with E-state index in [1.165, 1.54) is 18.2 Å². The summed E-state index contributed by atoms with van der Waals surface area (Å²) in [6.07, 6.45) is 1.81. The Balaban J connectivity index is 0.00000341. The minimum Gasteiger partial charge on any atom is -0.357 e. The number of nitrogens with zero attached hydrogens (tertiary/aromatic N) is 3. The zero-order chi connectivity index (χ0) is 21.5. The van der Waals surface area contributed by atoms with Crippen molar-refractivity contribution in [3.8, 4) is 0 Å². The highest BCUT2D eigenvalue weighted by molar-refractivity contribution is 14.0. The molecule has 2 saturated heterocycles. The summed E-state index contributed by atoms with van der Waals surface area (Å²) in [5.74, 6) is -0.717. The molecule has 1 aromatic carbocycles. The van der Waals surface area contributed by atoms with E-state index in [0.717, 1.165) is 24.3 Å². The predicted octanol–water partition coefficient (Wildman–Crippen LogP) is 1.65. The number of hydrogen-bond acceptors (Lipinski definition) is 4. The second kappa shape index (κ2) is 12.1. The lowest BCUT2D eigenvalue weighted by Crippen LogP contribution is -2.51. The molecular formula is C20H29F2IN6O2. The number of urea groups is 1. The molecule has 2 fully saturated rings. The fourth-order valence-electron chi connectivity index (χ4n) is 3.68. The first-order chi connectivity index (χ1) is 14.5. The van der Waals surface area contributed by atoms with Gasteiger partial charge in [0.05, 0.1) is 19.6 Å². The number of halogens is 3. The van der Waals surface area contributed by atoms with Gasteiger partial charge in [0.2, 0.25) is 5.91 Å². The predicted molar refractivity (Wildman–Crippen MR) is 124 cm³/mol. The molecule has 0 saturated carbocycles. The molecule has 8 nitrogen and oxygen atoms in total. The van der Waals surface area contributed by atoms with Gasteiger partial charge in [0, 0.05) is 31.2 Å². The van der Waals surface area contributed by atoms with Crippen molar-refractivity contribution in [2.45, 2.75) is 32.4 Å². The van der Waals surface area contributed by atoms with Crippen molar-refractivity contribution in [3.63, 3.8) is 0 Å². The maximum Gasteiger partial charge on any atom is 0.324 e. The highest BCUT2D eigenvalue weighted by Gasteiger charge is 2.28. The first-order valence-electron chi connectivity index (χ1n) is 10.3. The number of piperidine rings is 1. The minimum absolute atomic E-state index is 0. The first kappa shape index (κ1) is 25.2. The van der Waals surface area contributed by atoms with Crippen molar-refractivity contribution >= 4 is 41.9 Å². The molecule has 0 aromatic heterocycles. The van der Waals surface area contributed by atoms with Gasteiger partial charge >= 0.3 is 6.03 Å². The summed E-state index contributed by atoms with van der Waals surface area (Å²) in [6, 6.07) is 3.60. The number of carbonyl (C=O) groups is 2. The van der Waals surface area contributed by atoms with E-state index in [1.807, 2.05) is 11.8 Å². The fraction of sp³-hybridized carbons (Fsp3) is 0.550. The average molecular weight is 550 g/mol. The van der Waals surface area contributed by atoms with Crippen molar-refractivity contribution in [2.24, 2.45) is 4.99 Å². The van der Waals surface area contributed by atoms with E-state index in [0.29, 0.717) is 19.0 Å². The highest BCUT2D eigenvalue weighted by Crippen LogP contribution is 2.18. The molecule has 11 heteroatoms. The second-order valence-corrected chi connectivity index (χ2v) is 7.38. The van der Waals surface area contributed by atoms with Crippen LogP contribution in [0.15, 0.2) is 23.2 Å². The Hall–Kier alpha value is -2.02. The number of benzene rings is 1. The Bertz CT molecular complexity index is 774. The van der Waals surface area contributed by atoms with Crippen LogP contribution in [0.3, 0.4) is 0 Å². The van der Waals surface area contributed by atoms with Crippen LogP contribution in [0.25, 0.3) is 0 Å². The topological polar surface area (TPSA) is 89.1 Å². The molecule has 172 valence electrons. The zero-order valence-electron chi connectivity index (χ0n) is 17.5. The van der Waals surface area contributed by atoms with Crippen LogP contribution in [0.4, 0.5) is 13.6 Å². The lowest BCUT2D eigenvalue weighted by molar-refractivity contribution is -0.124. The molecule has 0 aliphatic carbocycles. The summed E-state index contributed by atoms with van der Waals surface area (Å²) >= 11 is 0. The SMILES string of the molecule is CCNC(=NCCN1C(=O)CNC1=O)NC1CCCN(Cc2c(F)cccc2F)C1.I. The van der Waals surface area contributed by atoms with E-state index in [9.17, 15) is 18.4 Å². The molecule has 2 heterocycles. The Morgan fingerprint density at radius 2 is 2.03 bits per heavy atom. The third-order valence-electron chi connectivity index (χ3n) is 5.16. The van der Waals surface area contributed by atoms with Crippen molar-refractivity contribution < 1.29 is 18.4 Å². The number of likely N-dealkylation sites (tertiary alicyclic amines) is 1. The van der Waals surface area contributed by atoms with Gasteiger partial charge in [0.25, 0.3) is 0 Å². The smallest absolute Gasteiger partial charge is 0.324 e. The van der Waals surface area contributed by atoms with E-state index in [1.54, 1.807) is 0 Å². The molecule has 1 unspecified atom stereocenters. The number of amides is 3. The molecule has 3 rings (SSSR count). The van der Waals surface area contributed by atoms with Crippen molar-refractivity contribution in [1.29, 1.82) is 0 Å². The summed E-state index contributed by atoms with van der Waals surface area (Å²) in [7, 11) is 0. The number of hydrogen-bond donors (Lipinski definition) is 3. The van der Waals surface area contributed by atoms with E-state index < -0.39 is 17.7 Å². The largest absolute Gasteiger partial charge is 0.357 e. The number of carbonyl (C=O) groups excluding carboxylic acids is 2. The monoisotopic (exact) mass is 550 g/mol. The Morgan fingerprint density at radius 3 is 2.68 bits per heavy atom. The third-order valence-corrected chi connectivity index (χ3v) is 5.16.